The molecule has 0 heterocycles. The predicted molar refractivity (Wildman–Crippen MR) is 110 cm³/mol. The van der Waals surface area contributed by atoms with Crippen LogP contribution in [0.5, 0.6) is 0 Å². The molecular formula is C18H19Cl2N3OS. The van der Waals surface area contributed by atoms with Crippen LogP contribution >= 0.6 is 35.4 Å². The average Bonchev–Trinajstić information content (AvgIpc) is 2.47. The van der Waals surface area contributed by atoms with Gasteiger partial charge in [0, 0.05) is 21.4 Å². The third kappa shape index (κ3) is 5.88. The number of carbonyl (C=O) groups excluding carboxylic acids is 1. The van der Waals surface area contributed by atoms with Crippen molar-refractivity contribution in [3.63, 3.8) is 0 Å². The van der Waals surface area contributed by atoms with Gasteiger partial charge in [-0.3, -0.25) is 4.79 Å². The second-order valence-corrected chi connectivity index (χ2v) is 7.07. The normalized spacial score (nSPS) is 10.3. The maximum Gasteiger partial charge on any atom is 0.243 e. The van der Waals surface area contributed by atoms with Gasteiger partial charge < -0.3 is 16.0 Å². The molecule has 0 saturated heterocycles. The van der Waals surface area contributed by atoms with E-state index in [0.29, 0.717) is 20.8 Å². The van der Waals surface area contributed by atoms with E-state index in [1.54, 1.807) is 18.2 Å². The summed E-state index contributed by atoms with van der Waals surface area (Å²) in [4.78, 5) is 12.2. The lowest BCUT2D eigenvalue weighted by atomic mass is 10.1. The standard InChI is InChI=1S/C18H19Cl2N3OS/c1-10-4-11(2)17(12(3)5-10)23-16(24)9-21-18(25)22-15-7-13(19)6-14(20)8-15/h4-8H,9H2,1-3H3,(H,23,24)(H2,21,22,25). The van der Waals surface area contributed by atoms with Gasteiger partial charge in [0.1, 0.15) is 0 Å². The molecule has 0 aliphatic heterocycles. The number of rotatable bonds is 4. The number of thiocarbonyl (C=S) groups is 1. The van der Waals surface area contributed by atoms with Crippen molar-refractivity contribution in [2.45, 2.75) is 20.8 Å². The number of nitrogens with one attached hydrogen (secondary N) is 3. The van der Waals surface area contributed by atoms with Crippen LogP contribution < -0.4 is 16.0 Å². The molecule has 0 aliphatic carbocycles. The van der Waals surface area contributed by atoms with Gasteiger partial charge in [-0.2, -0.15) is 0 Å². The summed E-state index contributed by atoms with van der Waals surface area (Å²) in [5.41, 5.74) is 4.70. The second-order valence-electron chi connectivity index (χ2n) is 5.79. The highest BCUT2D eigenvalue weighted by molar-refractivity contribution is 7.80. The third-order valence-electron chi connectivity index (χ3n) is 3.47. The van der Waals surface area contributed by atoms with Gasteiger partial charge in [-0.15, -0.1) is 0 Å². The largest absolute Gasteiger partial charge is 0.353 e. The number of hydrogen-bond acceptors (Lipinski definition) is 2. The first-order valence-corrected chi connectivity index (χ1v) is 8.79. The molecule has 7 heteroatoms. The highest BCUT2D eigenvalue weighted by Gasteiger charge is 2.09. The van der Waals surface area contributed by atoms with Crippen LogP contribution in [-0.4, -0.2) is 17.6 Å². The first kappa shape index (κ1) is 19.5. The molecule has 3 N–H and O–H groups in total. The van der Waals surface area contributed by atoms with E-state index in [2.05, 4.69) is 16.0 Å². The van der Waals surface area contributed by atoms with Gasteiger partial charge in [0.2, 0.25) is 5.91 Å². The molecule has 0 atom stereocenters. The lowest BCUT2D eigenvalue weighted by Gasteiger charge is -2.14. The summed E-state index contributed by atoms with van der Waals surface area (Å²) < 4.78 is 0. The zero-order chi connectivity index (χ0) is 18.6. The molecule has 0 saturated carbocycles. The van der Waals surface area contributed by atoms with Gasteiger partial charge in [-0.1, -0.05) is 40.9 Å². The number of benzene rings is 2. The molecule has 0 fully saturated rings. The summed E-state index contributed by atoms with van der Waals surface area (Å²) in [6.45, 7) is 6.02. The van der Waals surface area contributed by atoms with Crippen molar-refractivity contribution in [3.05, 3.63) is 57.1 Å². The molecule has 0 bridgehead atoms. The van der Waals surface area contributed by atoms with E-state index < -0.39 is 0 Å². The number of aryl methyl sites for hydroxylation is 3. The van der Waals surface area contributed by atoms with Crippen molar-refractivity contribution in [3.8, 4) is 0 Å². The van der Waals surface area contributed by atoms with Gasteiger partial charge in [0.15, 0.2) is 5.11 Å². The van der Waals surface area contributed by atoms with Crippen molar-refractivity contribution in [1.29, 1.82) is 0 Å². The van der Waals surface area contributed by atoms with Crippen LogP contribution in [-0.2, 0) is 4.79 Å². The number of halogens is 2. The van der Waals surface area contributed by atoms with Crippen molar-refractivity contribution in [2.75, 3.05) is 17.2 Å². The van der Waals surface area contributed by atoms with E-state index >= 15 is 0 Å². The molecule has 0 unspecified atom stereocenters. The van der Waals surface area contributed by atoms with Crippen molar-refractivity contribution < 1.29 is 4.79 Å². The Kier molecular flexibility index (Phi) is 6.64. The summed E-state index contributed by atoms with van der Waals surface area (Å²) in [6.07, 6.45) is 0. The van der Waals surface area contributed by atoms with E-state index in [4.69, 9.17) is 35.4 Å². The van der Waals surface area contributed by atoms with Crippen molar-refractivity contribution in [2.24, 2.45) is 0 Å². The summed E-state index contributed by atoms with van der Waals surface area (Å²) in [5.74, 6) is -0.177. The Labute approximate surface area is 162 Å². The summed E-state index contributed by atoms with van der Waals surface area (Å²) >= 11 is 17.1. The van der Waals surface area contributed by atoms with Gasteiger partial charge in [0.25, 0.3) is 0 Å². The Bertz CT molecular complexity index is 781. The molecule has 0 aliphatic rings. The molecule has 4 nitrogen and oxygen atoms in total. The van der Waals surface area contributed by atoms with Crippen LogP contribution in [0.15, 0.2) is 30.3 Å². The molecule has 25 heavy (non-hydrogen) atoms. The minimum Gasteiger partial charge on any atom is -0.353 e. The van der Waals surface area contributed by atoms with Gasteiger partial charge in [-0.25, -0.2) is 0 Å². The fraction of sp³-hybridized carbons (Fsp3) is 0.222. The zero-order valence-electron chi connectivity index (χ0n) is 14.2. The molecule has 0 radical (unpaired) electrons. The molecule has 132 valence electrons. The lowest BCUT2D eigenvalue weighted by molar-refractivity contribution is -0.115. The number of amides is 1. The smallest absolute Gasteiger partial charge is 0.243 e. The zero-order valence-corrected chi connectivity index (χ0v) is 16.5. The number of anilines is 2. The predicted octanol–water partition coefficient (Wildman–Crippen LogP) is 4.84. The molecule has 0 spiro atoms. The van der Waals surface area contributed by atoms with E-state index in [1.165, 1.54) is 0 Å². The first-order chi connectivity index (χ1) is 11.7. The Balaban J connectivity index is 1.90. The molecule has 1 amide bonds. The maximum atomic E-state index is 12.2. The van der Waals surface area contributed by atoms with E-state index in [0.717, 1.165) is 22.4 Å². The number of carbonyl (C=O) groups is 1. The van der Waals surface area contributed by atoms with Gasteiger partial charge in [-0.05, 0) is 62.3 Å². The molecular weight excluding hydrogens is 377 g/mol. The van der Waals surface area contributed by atoms with E-state index in [9.17, 15) is 4.79 Å². The Morgan fingerprint density at radius 3 is 2.08 bits per heavy atom. The molecule has 2 rings (SSSR count). The molecule has 0 aromatic heterocycles. The molecule has 2 aromatic rings. The summed E-state index contributed by atoms with van der Waals surface area (Å²) in [7, 11) is 0. The highest BCUT2D eigenvalue weighted by atomic mass is 35.5. The van der Waals surface area contributed by atoms with Crippen molar-refractivity contribution in [1.82, 2.24) is 5.32 Å². The highest BCUT2D eigenvalue weighted by Crippen LogP contribution is 2.23. The van der Waals surface area contributed by atoms with Crippen LogP contribution in [0.2, 0.25) is 10.0 Å². The third-order valence-corrected chi connectivity index (χ3v) is 4.15. The fourth-order valence-corrected chi connectivity index (χ4v) is 3.24. The van der Waals surface area contributed by atoms with Gasteiger partial charge >= 0.3 is 0 Å². The summed E-state index contributed by atoms with van der Waals surface area (Å²) in [6, 6.07) is 9.09. The monoisotopic (exact) mass is 395 g/mol. The molecule has 2 aromatic carbocycles. The quantitative estimate of drug-likeness (QED) is 0.647. The minimum absolute atomic E-state index is 0.0485. The van der Waals surface area contributed by atoms with Crippen LogP contribution in [0.25, 0.3) is 0 Å². The average molecular weight is 396 g/mol. The van der Waals surface area contributed by atoms with Crippen LogP contribution in [0.3, 0.4) is 0 Å². The summed E-state index contributed by atoms with van der Waals surface area (Å²) in [5, 5.41) is 10.0. The second kappa shape index (κ2) is 8.52. The van der Waals surface area contributed by atoms with Gasteiger partial charge in [0.05, 0.1) is 6.54 Å². The maximum absolute atomic E-state index is 12.2. The fourth-order valence-electron chi connectivity index (χ4n) is 2.52. The lowest BCUT2D eigenvalue weighted by Crippen LogP contribution is -2.35. The van der Waals surface area contributed by atoms with E-state index in [-0.39, 0.29) is 12.5 Å². The van der Waals surface area contributed by atoms with Crippen molar-refractivity contribution >= 4 is 57.8 Å². The van der Waals surface area contributed by atoms with Crippen LogP contribution in [0.1, 0.15) is 16.7 Å². The van der Waals surface area contributed by atoms with Crippen LogP contribution in [0.4, 0.5) is 11.4 Å². The Morgan fingerprint density at radius 2 is 1.52 bits per heavy atom. The Morgan fingerprint density at radius 1 is 0.960 bits per heavy atom. The topological polar surface area (TPSA) is 53.2 Å². The van der Waals surface area contributed by atoms with Crippen LogP contribution in [0, 0.1) is 20.8 Å². The first-order valence-electron chi connectivity index (χ1n) is 7.63. The SMILES string of the molecule is Cc1cc(C)c(NC(=O)CNC(=S)Nc2cc(Cl)cc(Cl)c2)c(C)c1. The van der Waals surface area contributed by atoms with E-state index in [1.807, 2.05) is 32.9 Å². The number of hydrogen-bond donors (Lipinski definition) is 3. The Hall–Kier alpha value is -1.82. The minimum atomic E-state index is -0.177.